The Hall–Kier alpha value is -1.43. The molecule has 0 unspecified atom stereocenters. The average Bonchev–Trinajstić information content (AvgIpc) is 3.10. The molecule has 3 N–H and O–H groups in total. The summed E-state index contributed by atoms with van der Waals surface area (Å²) in [4.78, 5) is 14.8. The number of nitrogens with zero attached hydrogens (tertiary/aromatic N) is 1. The summed E-state index contributed by atoms with van der Waals surface area (Å²) in [5.74, 6) is 0.617. The van der Waals surface area contributed by atoms with Gasteiger partial charge in [-0.05, 0) is 62.4 Å². The monoisotopic (exact) mass is 346 g/mol. The highest BCUT2D eigenvalue weighted by molar-refractivity contribution is 5.94. The fourth-order valence-corrected chi connectivity index (χ4v) is 4.04. The zero-order valence-electron chi connectivity index (χ0n) is 14.9. The number of piperidine rings is 1. The van der Waals surface area contributed by atoms with Crippen LogP contribution in [0, 0.1) is 11.8 Å². The Labute approximate surface area is 150 Å². The van der Waals surface area contributed by atoms with Gasteiger partial charge in [0.1, 0.15) is 0 Å². The summed E-state index contributed by atoms with van der Waals surface area (Å²) < 4.78 is 0. The first-order valence-electron chi connectivity index (χ1n) is 9.53. The lowest BCUT2D eigenvalue weighted by Crippen LogP contribution is -2.38. The third-order valence-corrected chi connectivity index (χ3v) is 5.80. The first-order chi connectivity index (χ1) is 12.2. The first kappa shape index (κ1) is 18.4. The van der Waals surface area contributed by atoms with Crippen LogP contribution in [0.15, 0.2) is 24.3 Å². The van der Waals surface area contributed by atoms with Crippen LogP contribution >= 0.6 is 0 Å². The van der Waals surface area contributed by atoms with Crippen molar-refractivity contribution in [2.75, 3.05) is 26.3 Å². The molecule has 1 saturated carbocycles. The Kier molecular flexibility index (Phi) is 6.45. The van der Waals surface area contributed by atoms with Gasteiger partial charge in [-0.1, -0.05) is 18.6 Å². The Morgan fingerprint density at radius 3 is 2.40 bits per heavy atom. The number of carbonyl (C=O) groups excluding carboxylic acids is 1. The minimum atomic E-state index is -0.0411. The fourth-order valence-electron chi connectivity index (χ4n) is 4.04. The summed E-state index contributed by atoms with van der Waals surface area (Å²) in [6.45, 7) is 3.40. The molecule has 1 saturated heterocycles. The van der Waals surface area contributed by atoms with E-state index < -0.39 is 0 Å². The van der Waals surface area contributed by atoms with Crippen molar-refractivity contribution in [3.8, 4) is 0 Å². The lowest BCUT2D eigenvalue weighted by atomic mass is 9.97. The number of hydrogen-bond acceptors (Lipinski definition) is 4. The normalized spacial score (nSPS) is 25.2. The van der Waals surface area contributed by atoms with Gasteiger partial charge in [-0.25, -0.2) is 0 Å². The van der Waals surface area contributed by atoms with E-state index in [1.807, 2.05) is 24.3 Å². The number of hydrogen-bond donors (Lipinski definition) is 3. The zero-order valence-corrected chi connectivity index (χ0v) is 14.9. The number of amides is 1. The highest BCUT2D eigenvalue weighted by Crippen LogP contribution is 2.25. The number of likely N-dealkylation sites (tertiary alicyclic amines) is 1. The van der Waals surface area contributed by atoms with Crippen LogP contribution in [0.2, 0.25) is 0 Å². The van der Waals surface area contributed by atoms with Gasteiger partial charge in [0, 0.05) is 37.3 Å². The van der Waals surface area contributed by atoms with Gasteiger partial charge in [0.25, 0.3) is 5.91 Å². The molecular formula is C20H30N2O3. The van der Waals surface area contributed by atoms with E-state index in [4.69, 9.17) is 0 Å². The molecule has 138 valence electrons. The molecule has 0 radical (unpaired) electrons. The summed E-state index contributed by atoms with van der Waals surface area (Å²) in [6, 6.07) is 7.96. The number of benzene rings is 1. The average molecular weight is 346 g/mol. The van der Waals surface area contributed by atoms with Gasteiger partial charge in [-0.3, -0.25) is 9.69 Å². The van der Waals surface area contributed by atoms with E-state index in [2.05, 4.69) is 10.2 Å². The Morgan fingerprint density at radius 2 is 1.76 bits per heavy atom. The van der Waals surface area contributed by atoms with Gasteiger partial charge in [-0.15, -0.1) is 0 Å². The van der Waals surface area contributed by atoms with Crippen molar-refractivity contribution < 1.29 is 15.0 Å². The maximum absolute atomic E-state index is 12.4. The van der Waals surface area contributed by atoms with Crippen molar-refractivity contribution in [1.82, 2.24) is 10.2 Å². The lowest BCUT2D eigenvalue weighted by molar-refractivity contribution is 0.0916. The number of rotatable bonds is 6. The molecule has 0 bridgehead atoms. The van der Waals surface area contributed by atoms with Crippen LogP contribution in [0.1, 0.15) is 48.0 Å². The van der Waals surface area contributed by atoms with Crippen LogP contribution in [0.4, 0.5) is 0 Å². The molecule has 1 aliphatic carbocycles. The van der Waals surface area contributed by atoms with E-state index in [-0.39, 0.29) is 24.5 Å². The van der Waals surface area contributed by atoms with Gasteiger partial charge >= 0.3 is 0 Å². The maximum atomic E-state index is 12.4. The lowest BCUT2D eigenvalue weighted by Gasteiger charge is -2.31. The Bertz CT molecular complexity index is 553. The Morgan fingerprint density at radius 1 is 1.04 bits per heavy atom. The molecule has 1 aromatic carbocycles. The van der Waals surface area contributed by atoms with Crippen LogP contribution in [0.5, 0.6) is 0 Å². The molecule has 1 amide bonds. The molecule has 1 heterocycles. The molecule has 25 heavy (non-hydrogen) atoms. The molecule has 3 rings (SSSR count). The van der Waals surface area contributed by atoms with Crippen LogP contribution in [-0.2, 0) is 6.54 Å². The number of nitrogens with one attached hydrogen (secondary N) is 1. The molecular weight excluding hydrogens is 316 g/mol. The van der Waals surface area contributed by atoms with Crippen LogP contribution in [0.3, 0.4) is 0 Å². The molecule has 0 spiro atoms. The number of aliphatic hydroxyl groups is 2. The quantitative estimate of drug-likeness (QED) is 0.734. The summed E-state index contributed by atoms with van der Waals surface area (Å²) in [5.41, 5.74) is 1.90. The summed E-state index contributed by atoms with van der Waals surface area (Å²) in [5, 5.41) is 21.7. The van der Waals surface area contributed by atoms with E-state index in [0.29, 0.717) is 18.1 Å². The number of aliphatic hydroxyl groups excluding tert-OH is 2. The third kappa shape index (κ3) is 4.81. The topological polar surface area (TPSA) is 72.8 Å². The summed E-state index contributed by atoms with van der Waals surface area (Å²) in [7, 11) is 0. The molecule has 2 atom stereocenters. The standard InChI is InChI=1S/C20H30N2O3/c23-13-16-8-10-22(11-9-16)12-15-4-6-17(7-5-15)20(25)21-19-3-1-2-18(19)14-24/h4-7,16,18-19,23-24H,1-3,8-14H2,(H,21,25)/t18-,19+/m1/s1. The second-order valence-electron chi connectivity index (χ2n) is 7.55. The van der Waals surface area contributed by atoms with Crippen molar-refractivity contribution in [1.29, 1.82) is 0 Å². The van der Waals surface area contributed by atoms with Gasteiger partial charge in [-0.2, -0.15) is 0 Å². The minimum absolute atomic E-state index is 0.0411. The summed E-state index contributed by atoms with van der Waals surface area (Å²) in [6.07, 6.45) is 5.14. The molecule has 1 aromatic rings. The second kappa shape index (κ2) is 8.79. The second-order valence-corrected chi connectivity index (χ2v) is 7.55. The largest absolute Gasteiger partial charge is 0.396 e. The molecule has 0 aromatic heterocycles. The first-order valence-corrected chi connectivity index (χ1v) is 9.53. The fraction of sp³-hybridized carbons (Fsp3) is 0.650. The molecule has 2 aliphatic rings. The van der Waals surface area contributed by atoms with Gasteiger partial charge in [0.2, 0.25) is 0 Å². The summed E-state index contributed by atoms with van der Waals surface area (Å²) >= 11 is 0. The van der Waals surface area contributed by atoms with Gasteiger partial charge in [0.15, 0.2) is 0 Å². The minimum Gasteiger partial charge on any atom is -0.396 e. The van der Waals surface area contributed by atoms with Crippen LogP contribution < -0.4 is 5.32 Å². The van der Waals surface area contributed by atoms with Gasteiger partial charge in [0.05, 0.1) is 0 Å². The van der Waals surface area contributed by atoms with Crippen molar-refractivity contribution in [2.24, 2.45) is 11.8 Å². The highest BCUT2D eigenvalue weighted by Gasteiger charge is 2.28. The van der Waals surface area contributed by atoms with Crippen molar-refractivity contribution in [2.45, 2.75) is 44.7 Å². The van der Waals surface area contributed by atoms with Gasteiger partial charge < -0.3 is 15.5 Å². The maximum Gasteiger partial charge on any atom is 0.251 e. The molecule has 1 aliphatic heterocycles. The number of carbonyl (C=O) groups is 1. The molecule has 5 nitrogen and oxygen atoms in total. The Balaban J connectivity index is 1.51. The molecule has 2 fully saturated rings. The van der Waals surface area contributed by atoms with Crippen LogP contribution in [0.25, 0.3) is 0 Å². The van der Waals surface area contributed by atoms with Crippen molar-refractivity contribution >= 4 is 5.91 Å². The molecule has 5 heteroatoms. The third-order valence-electron chi connectivity index (χ3n) is 5.80. The zero-order chi connectivity index (χ0) is 17.6. The smallest absolute Gasteiger partial charge is 0.251 e. The van der Waals surface area contributed by atoms with E-state index in [9.17, 15) is 15.0 Å². The van der Waals surface area contributed by atoms with E-state index >= 15 is 0 Å². The predicted octanol–water partition coefficient (Wildman–Crippen LogP) is 1.78. The van der Waals surface area contributed by atoms with Crippen molar-refractivity contribution in [3.63, 3.8) is 0 Å². The van der Waals surface area contributed by atoms with Crippen LogP contribution in [-0.4, -0.2) is 53.4 Å². The predicted molar refractivity (Wildman–Crippen MR) is 97.2 cm³/mol. The highest BCUT2D eigenvalue weighted by atomic mass is 16.3. The van der Waals surface area contributed by atoms with E-state index in [1.54, 1.807) is 0 Å². The van der Waals surface area contributed by atoms with E-state index in [0.717, 1.165) is 51.7 Å². The van der Waals surface area contributed by atoms with Crippen molar-refractivity contribution in [3.05, 3.63) is 35.4 Å². The van der Waals surface area contributed by atoms with E-state index in [1.165, 1.54) is 5.56 Å². The SMILES string of the molecule is O=C(N[C@H]1CCC[C@@H]1CO)c1ccc(CN2CCC(CO)CC2)cc1.